The maximum absolute atomic E-state index is 13.8. The van der Waals surface area contributed by atoms with Crippen LogP contribution in [0.15, 0.2) is 24.3 Å². The lowest BCUT2D eigenvalue weighted by Gasteiger charge is -2.19. The van der Waals surface area contributed by atoms with Crippen LogP contribution in [0.5, 0.6) is 0 Å². The minimum atomic E-state index is -0.688. The van der Waals surface area contributed by atoms with Gasteiger partial charge in [0, 0.05) is 5.69 Å². The first-order chi connectivity index (χ1) is 9.69. The first kappa shape index (κ1) is 15.2. The smallest absolute Gasteiger partial charge is 0.340 e. The number of aromatic amines is 1. The van der Waals surface area contributed by atoms with E-state index in [1.807, 2.05) is 0 Å². The van der Waals surface area contributed by atoms with E-state index in [9.17, 15) is 13.6 Å². The SMILES string of the molecule is Cc1[nH]c(-c2c(F)cccc2F)cc1C(=O)OC(C)(C)C. The highest BCUT2D eigenvalue weighted by Crippen LogP contribution is 2.28. The van der Waals surface area contributed by atoms with Gasteiger partial charge in [0.25, 0.3) is 0 Å². The monoisotopic (exact) mass is 293 g/mol. The molecule has 0 saturated carbocycles. The van der Waals surface area contributed by atoms with Gasteiger partial charge >= 0.3 is 5.97 Å². The predicted molar refractivity (Wildman–Crippen MR) is 76.1 cm³/mol. The number of H-pyrrole nitrogens is 1. The van der Waals surface area contributed by atoms with E-state index < -0.39 is 23.2 Å². The van der Waals surface area contributed by atoms with Crippen molar-refractivity contribution in [3.63, 3.8) is 0 Å². The van der Waals surface area contributed by atoms with Gasteiger partial charge in [-0.1, -0.05) is 6.07 Å². The van der Waals surface area contributed by atoms with E-state index in [4.69, 9.17) is 4.74 Å². The highest BCUT2D eigenvalue weighted by molar-refractivity contribution is 5.92. The molecule has 1 aromatic carbocycles. The van der Waals surface area contributed by atoms with Gasteiger partial charge in [-0.05, 0) is 45.9 Å². The van der Waals surface area contributed by atoms with Crippen LogP contribution < -0.4 is 0 Å². The van der Waals surface area contributed by atoms with E-state index in [2.05, 4.69) is 4.98 Å². The number of hydrogen-bond acceptors (Lipinski definition) is 2. The Balaban J connectivity index is 2.42. The molecule has 1 aromatic heterocycles. The summed E-state index contributed by atoms with van der Waals surface area (Å²) in [6, 6.07) is 5.03. The van der Waals surface area contributed by atoms with Gasteiger partial charge in [-0.3, -0.25) is 0 Å². The second kappa shape index (κ2) is 5.31. The zero-order valence-corrected chi connectivity index (χ0v) is 12.4. The molecule has 0 aliphatic heterocycles. The van der Waals surface area contributed by atoms with E-state index in [0.717, 1.165) is 0 Å². The molecule has 0 saturated heterocycles. The summed E-state index contributed by atoms with van der Waals surface area (Å²) in [5.74, 6) is -1.90. The molecule has 0 bridgehead atoms. The molecule has 5 heteroatoms. The molecule has 112 valence electrons. The Morgan fingerprint density at radius 1 is 1.19 bits per heavy atom. The average molecular weight is 293 g/mol. The third-order valence-corrected chi connectivity index (χ3v) is 2.87. The van der Waals surface area contributed by atoms with Crippen LogP contribution in [0.4, 0.5) is 8.78 Å². The fourth-order valence-electron chi connectivity index (χ4n) is 1.99. The molecule has 0 aliphatic carbocycles. The van der Waals surface area contributed by atoms with Gasteiger partial charge in [-0.25, -0.2) is 13.6 Å². The molecule has 0 unspecified atom stereocenters. The third-order valence-electron chi connectivity index (χ3n) is 2.87. The second-order valence-electron chi connectivity index (χ2n) is 5.82. The number of aryl methyl sites for hydroxylation is 1. The van der Waals surface area contributed by atoms with Crippen molar-refractivity contribution in [1.82, 2.24) is 4.98 Å². The van der Waals surface area contributed by atoms with Crippen LogP contribution >= 0.6 is 0 Å². The van der Waals surface area contributed by atoms with Gasteiger partial charge in [0.15, 0.2) is 0 Å². The van der Waals surface area contributed by atoms with Crippen molar-refractivity contribution in [2.75, 3.05) is 0 Å². The molecule has 3 nitrogen and oxygen atoms in total. The summed E-state index contributed by atoms with van der Waals surface area (Å²) in [5, 5.41) is 0. The maximum atomic E-state index is 13.8. The van der Waals surface area contributed by atoms with Crippen molar-refractivity contribution in [1.29, 1.82) is 0 Å². The maximum Gasteiger partial charge on any atom is 0.340 e. The van der Waals surface area contributed by atoms with Gasteiger partial charge < -0.3 is 9.72 Å². The summed E-state index contributed by atoms with van der Waals surface area (Å²) in [5.41, 5.74) is 0.161. The van der Waals surface area contributed by atoms with Crippen LogP contribution in [0.1, 0.15) is 36.8 Å². The summed E-state index contributed by atoms with van der Waals surface area (Å²) in [6.45, 7) is 6.92. The van der Waals surface area contributed by atoms with Crippen LogP contribution in [-0.2, 0) is 4.74 Å². The van der Waals surface area contributed by atoms with Crippen molar-refractivity contribution < 1.29 is 18.3 Å². The van der Waals surface area contributed by atoms with E-state index in [1.165, 1.54) is 24.3 Å². The number of aromatic nitrogens is 1. The number of halogens is 2. The third kappa shape index (κ3) is 3.29. The Bertz CT molecular complexity index is 664. The Labute approximate surface area is 121 Å². The fourth-order valence-corrected chi connectivity index (χ4v) is 1.99. The van der Waals surface area contributed by atoms with E-state index in [-0.39, 0.29) is 16.8 Å². The van der Waals surface area contributed by atoms with E-state index >= 15 is 0 Å². The van der Waals surface area contributed by atoms with Crippen LogP contribution in [0.2, 0.25) is 0 Å². The van der Waals surface area contributed by atoms with E-state index in [1.54, 1.807) is 27.7 Å². The van der Waals surface area contributed by atoms with Crippen LogP contribution in [0, 0.1) is 18.6 Å². The molecule has 1 heterocycles. The minimum Gasteiger partial charge on any atom is -0.456 e. The summed E-state index contributed by atoms with van der Waals surface area (Å²) in [6.07, 6.45) is 0. The van der Waals surface area contributed by atoms with Gasteiger partial charge in [0.05, 0.1) is 16.8 Å². The van der Waals surface area contributed by atoms with Crippen LogP contribution in [0.25, 0.3) is 11.3 Å². The van der Waals surface area contributed by atoms with Crippen molar-refractivity contribution in [2.45, 2.75) is 33.3 Å². The van der Waals surface area contributed by atoms with Gasteiger partial charge in [-0.2, -0.15) is 0 Å². The number of rotatable bonds is 2. The highest BCUT2D eigenvalue weighted by atomic mass is 19.1. The van der Waals surface area contributed by atoms with Crippen LogP contribution in [-0.4, -0.2) is 16.6 Å². The number of esters is 1. The Morgan fingerprint density at radius 3 is 2.29 bits per heavy atom. The molecular formula is C16H17F2NO2. The lowest BCUT2D eigenvalue weighted by atomic mass is 10.1. The molecule has 0 aliphatic rings. The normalized spacial score (nSPS) is 11.5. The number of benzene rings is 1. The minimum absolute atomic E-state index is 0.185. The van der Waals surface area contributed by atoms with Crippen molar-refractivity contribution in [2.24, 2.45) is 0 Å². The summed E-state index contributed by atoms with van der Waals surface area (Å²) < 4.78 is 32.8. The molecule has 21 heavy (non-hydrogen) atoms. The first-order valence-electron chi connectivity index (χ1n) is 6.56. The number of ether oxygens (including phenoxy) is 1. The van der Waals surface area contributed by atoms with Crippen molar-refractivity contribution >= 4 is 5.97 Å². The highest BCUT2D eigenvalue weighted by Gasteiger charge is 2.22. The summed E-state index contributed by atoms with van der Waals surface area (Å²) in [7, 11) is 0. The van der Waals surface area contributed by atoms with E-state index in [0.29, 0.717) is 5.69 Å². The number of hydrogen-bond donors (Lipinski definition) is 1. The molecular weight excluding hydrogens is 276 g/mol. The molecule has 0 amide bonds. The molecule has 0 atom stereocenters. The fraction of sp³-hybridized carbons (Fsp3) is 0.312. The lowest BCUT2D eigenvalue weighted by molar-refractivity contribution is 0.00690. The zero-order valence-electron chi connectivity index (χ0n) is 12.4. The van der Waals surface area contributed by atoms with Crippen LogP contribution in [0.3, 0.4) is 0 Å². The lowest BCUT2D eigenvalue weighted by Crippen LogP contribution is -2.24. The predicted octanol–water partition coefficient (Wildman–Crippen LogP) is 4.22. The number of carbonyl (C=O) groups is 1. The largest absolute Gasteiger partial charge is 0.456 e. The Hall–Kier alpha value is -2.17. The van der Waals surface area contributed by atoms with Crippen molar-refractivity contribution in [3.8, 4) is 11.3 Å². The second-order valence-corrected chi connectivity index (χ2v) is 5.82. The molecule has 0 fully saturated rings. The Kier molecular flexibility index (Phi) is 3.85. The van der Waals surface area contributed by atoms with Gasteiger partial charge in [0.2, 0.25) is 0 Å². The zero-order chi connectivity index (χ0) is 15.8. The molecule has 1 N–H and O–H groups in total. The topological polar surface area (TPSA) is 42.1 Å². The summed E-state index contributed by atoms with van der Waals surface area (Å²) in [4.78, 5) is 14.9. The molecule has 0 radical (unpaired) electrons. The summed E-state index contributed by atoms with van der Waals surface area (Å²) >= 11 is 0. The van der Waals surface area contributed by atoms with Gasteiger partial charge in [-0.15, -0.1) is 0 Å². The number of nitrogens with one attached hydrogen (secondary N) is 1. The van der Waals surface area contributed by atoms with Crippen molar-refractivity contribution in [3.05, 3.63) is 47.2 Å². The molecule has 2 aromatic rings. The quantitative estimate of drug-likeness (QED) is 0.842. The standard InChI is InChI=1S/C16H17F2NO2/c1-9-10(15(20)21-16(2,3)4)8-13(19-9)14-11(17)6-5-7-12(14)18/h5-8,19H,1-4H3. The average Bonchev–Trinajstić information content (AvgIpc) is 2.68. The molecule has 0 spiro atoms. The van der Waals surface area contributed by atoms with Gasteiger partial charge in [0.1, 0.15) is 17.2 Å². The molecule has 2 rings (SSSR count). The first-order valence-corrected chi connectivity index (χ1v) is 6.56. The Morgan fingerprint density at radius 2 is 1.76 bits per heavy atom. The number of carbonyl (C=O) groups excluding carboxylic acids is 1.